The van der Waals surface area contributed by atoms with E-state index in [9.17, 15) is 14.7 Å². The summed E-state index contributed by atoms with van der Waals surface area (Å²) in [5.41, 5.74) is 0. The number of rotatable bonds is 29. The van der Waals surface area contributed by atoms with Crippen LogP contribution in [-0.4, -0.2) is 36.4 Å². The van der Waals surface area contributed by atoms with Crippen LogP contribution in [-0.2, 0) is 19.1 Å². The predicted octanol–water partition coefficient (Wildman–Crippen LogP) is 10.2. The van der Waals surface area contributed by atoms with Gasteiger partial charge < -0.3 is 14.6 Å². The number of carbonyl (C=O) groups is 2. The number of esters is 2. The van der Waals surface area contributed by atoms with Crippen molar-refractivity contribution in [3.63, 3.8) is 0 Å². The van der Waals surface area contributed by atoms with Crippen molar-refractivity contribution in [1.29, 1.82) is 0 Å². The van der Waals surface area contributed by atoms with Gasteiger partial charge >= 0.3 is 11.9 Å². The topological polar surface area (TPSA) is 72.8 Å². The minimum Gasteiger partial charge on any atom is -0.462 e. The van der Waals surface area contributed by atoms with Crippen LogP contribution in [0.3, 0.4) is 0 Å². The third-order valence-electron chi connectivity index (χ3n) is 6.73. The summed E-state index contributed by atoms with van der Waals surface area (Å²) in [5.74, 6) is -0.666. The van der Waals surface area contributed by atoms with Crippen molar-refractivity contribution in [3.8, 4) is 0 Å². The number of aliphatic hydroxyl groups is 1. The fraction of sp³-hybridized carbons (Fsp3) is 0.632. The van der Waals surface area contributed by atoms with Gasteiger partial charge in [0.2, 0.25) is 0 Å². The van der Waals surface area contributed by atoms with Crippen molar-refractivity contribution in [2.45, 2.75) is 142 Å². The Morgan fingerprint density at radius 2 is 1.00 bits per heavy atom. The molecule has 0 heterocycles. The van der Waals surface area contributed by atoms with E-state index in [1.807, 2.05) is 0 Å². The van der Waals surface area contributed by atoms with E-state index >= 15 is 0 Å². The van der Waals surface area contributed by atoms with Gasteiger partial charge in [0.25, 0.3) is 0 Å². The Kier molecular flexibility index (Phi) is 31.7. The molecular weight excluding hydrogens is 536 g/mol. The fourth-order valence-electron chi connectivity index (χ4n) is 4.15. The maximum Gasteiger partial charge on any atom is 0.306 e. The average molecular weight is 599 g/mol. The summed E-state index contributed by atoms with van der Waals surface area (Å²) in [5, 5.41) is 9.50. The SMILES string of the molecule is CC/C=C\C/C=C\C/C=C\C/C=C\CCCCC(=O)OC[C@H](CO)OC(=O)CCCCCCC/C=C\C/C=C\CCCC. The van der Waals surface area contributed by atoms with Gasteiger partial charge in [-0.3, -0.25) is 9.59 Å². The summed E-state index contributed by atoms with van der Waals surface area (Å²) in [6.07, 6.45) is 43.8. The number of allylic oxidation sites excluding steroid dienone is 12. The number of aliphatic hydroxyl groups excluding tert-OH is 1. The largest absolute Gasteiger partial charge is 0.462 e. The van der Waals surface area contributed by atoms with E-state index in [0.29, 0.717) is 12.8 Å². The van der Waals surface area contributed by atoms with Crippen molar-refractivity contribution in [2.24, 2.45) is 0 Å². The number of ether oxygens (including phenoxy) is 2. The van der Waals surface area contributed by atoms with Gasteiger partial charge in [-0.1, -0.05) is 119 Å². The van der Waals surface area contributed by atoms with E-state index in [1.54, 1.807) is 0 Å². The first kappa shape index (κ1) is 40.3. The average Bonchev–Trinajstić information content (AvgIpc) is 3.01. The monoisotopic (exact) mass is 598 g/mol. The lowest BCUT2D eigenvalue weighted by molar-refractivity contribution is -0.161. The van der Waals surface area contributed by atoms with Gasteiger partial charge in [0.05, 0.1) is 6.61 Å². The van der Waals surface area contributed by atoms with Gasteiger partial charge in [0.15, 0.2) is 6.10 Å². The third-order valence-corrected chi connectivity index (χ3v) is 6.73. The van der Waals surface area contributed by atoms with E-state index in [1.165, 1.54) is 25.7 Å². The highest BCUT2D eigenvalue weighted by Crippen LogP contribution is 2.10. The number of carbonyl (C=O) groups excluding carboxylic acids is 2. The molecule has 244 valence electrons. The molecule has 0 aliphatic carbocycles. The molecule has 43 heavy (non-hydrogen) atoms. The van der Waals surface area contributed by atoms with Crippen molar-refractivity contribution in [2.75, 3.05) is 13.2 Å². The van der Waals surface area contributed by atoms with Crippen LogP contribution in [0.25, 0.3) is 0 Å². The number of hydrogen-bond acceptors (Lipinski definition) is 5. The summed E-state index contributed by atoms with van der Waals surface area (Å²) >= 11 is 0. The molecule has 5 heteroatoms. The van der Waals surface area contributed by atoms with E-state index in [0.717, 1.165) is 83.5 Å². The molecule has 0 aromatic heterocycles. The second-order valence-electron chi connectivity index (χ2n) is 10.9. The van der Waals surface area contributed by atoms with E-state index in [4.69, 9.17) is 9.47 Å². The third kappa shape index (κ3) is 32.1. The first-order valence-electron chi connectivity index (χ1n) is 17.0. The lowest BCUT2D eigenvalue weighted by Crippen LogP contribution is -2.28. The van der Waals surface area contributed by atoms with Gasteiger partial charge in [-0.05, 0) is 77.0 Å². The highest BCUT2D eigenvalue weighted by atomic mass is 16.6. The van der Waals surface area contributed by atoms with Crippen molar-refractivity contribution in [3.05, 3.63) is 72.9 Å². The molecule has 1 N–H and O–H groups in total. The van der Waals surface area contributed by atoms with Crippen LogP contribution in [0.5, 0.6) is 0 Å². The standard InChI is InChI=1S/C38H62O5/c1-3-5-7-9-11-13-15-17-19-21-22-24-26-28-30-32-37(40)42-35-36(34-39)43-38(41)33-31-29-27-25-23-20-18-16-14-12-10-8-6-4-2/h5,7,10-13,16-19,22,24,36,39H,3-4,6,8-9,14-15,20-21,23,25-35H2,1-2H3/b7-5-,12-10-,13-11-,18-16-,19-17-,24-22-/t36-/m0/s1. The Balaban J connectivity index is 3.72. The first-order valence-corrected chi connectivity index (χ1v) is 17.0. The number of hydrogen-bond donors (Lipinski definition) is 1. The molecule has 5 nitrogen and oxygen atoms in total. The first-order chi connectivity index (χ1) is 21.1. The maximum atomic E-state index is 12.1. The molecule has 0 bridgehead atoms. The van der Waals surface area contributed by atoms with Crippen molar-refractivity contribution < 1.29 is 24.2 Å². The zero-order chi connectivity index (χ0) is 31.5. The Labute approximate surface area is 263 Å². The zero-order valence-electron chi connectivity index (χ0n) is 27.4. The molecule has 0 unspecified atom stereocenters. The van der Waals surface area contributed by atoms with Crippen LogP contribution >= 0.6 is 0 Å². The van der Waals surface area contributed by atoms with Crippen LogP contribution in [0.1, 0.15) is 136 Å². The smallest absolute Gasteiger partial charge is 0.306 e. The lowest BCUT2D eigenvalue weighted by Gasteiger charge is -2.15. The highest BCUT2D eigenvalue weighted by Gasteiger charge is 2.16. The molecule has 0 aliphatic heterocycles. The molecule has 0 spiro atoms. The van der Waals surface area contributed by atoms with Gasteiger partial charge in [-0.15, -0.1) is 0 Å². The summed E-state index contributed by atoms with van der Waals surface area (Å²) in [7, 11) is 0. The predicted molar refractivity (Wildman–Crippen MR) is 182 cm³/mol. The van der Waals surface area contributed by atoms with Crippen molar-refractivity contribution in [1.82, 2.24) is 0 Å². The Morgan fingerprint density at radius 1 is 0.558 bits per heavy atom. The Morgan fingerprint density at radius 3 is 1.56 bits per heavy atom. The molecule has 1 atom stereocenters. The van der Waals surface area contributed by atoms with Gasteiger partial charge in [-0.2, -0.15) is 0 Å². The zero-order valence-corrected chi connectivity index (χ0v) is 27.4. The van der Waals surface area contributed by atoms with E-state index in [2.05, 4.69) is 86.8 Å². The van der Waals surface area contributed by atoms with Gasteiger partial charge in [0, 0.05) is 12.8 Å². The van der Waals surface area contributed by atoms with Crippen molar-refractivity contribution >= 4 is 11.9 Å². The van der Waals surface area contributed by atoms with E-state index in [-0.39, 0.29) is 25.2 Å². The van der Waals surface area contributed by atoms with Crippen LogP contribution in [0.2, 0.25) is 0 Å². The molecule has 0 radical (unpaired) electrons. The minimum atomic E-state index is -0.797. The summed E-state index contributed by atoms with van der Waals surface area (Å²) in [6, 6.07) is 0. The molecule has 0 aromatic carbocycles. The molecule has 0 rings (SSSR count). The van der Waals surface area contributed by atoms with Gasteiger partial charge in [0.1, 0.15) is 6.61 Å². The molecule has 0 saturated heterocycles. The summed E-state index contributed by atoms with van der Waals surface area (Å²) < 4.78 is 10.5. The molecule has 0 amide bonds. The van der Waals surface area contributed by atoms with Crippen LogP contribution in [0, 0.1) is 0 Å². The summed E-state index contributed by atoms with van der Waals surface area (Å²) in [4.78, 5) is 24.1. The lowest BCUT2D eigenvalue weighted by atomic mass is 10.1. The second kappa shape index (κ2) is 33.8. The molecular formula is C38H62O5. The van der Waals surface area contributed by atoms with Crippen LogP contribution in [0.4, 0.5) is 0 Å². The number of unbranched alkanes of at least 4 members (excludes halogenated alkanes) is 9. The highest BCUT2D eigenvalue weighted by molar-refractivity contribution is 5.70. The molecule has 0 fully saturated rings. The Bertz CT molecular complexity index is 818. The summed E-state index contributed by atoms with van der Waals surface area (Å²) in [6.45, 7) is 3.90. The molecule has 0 aliphatic rings. The molecule has 0 saturated carbocycles. The minimum absolute atomic E-state index is 0.0972. The van der Waals surface area contributed by atoms with Crippen LogP contribution in [0.15, 0.2) is 72.9 Å². The van der Waals surface area contributed by atoms with E-state index < -0.39 is 6.10 Å². The van der Waals surface area contributed by atoms with Gasteiger partial charge in [-0.25, -0.2) is 0 Å². The second-order valence-corrected chi connectivity index (χ2v) is 10.9. The van der Waals surface area contributed by atoms with Crippen LogP contribution < -0.4 is 0 Å². The fourth-order valence-corrected chi connectivity index (χ4v) is 4.15. The quantitative estimate of drug-likeness (QED) is 0.0527. The Hall–Kier alpha value is -2.66. The maximum absolute atomic E-state index is 12.1. The normalized spacial score (nSPS) is 13.1. The molecule has 0 aromatic rings.